The first kappa shape index (κ1) is 16.7. The molecule has 2 heterocycles. The van der Waals surface area contributed by atoms with Gasteiger partial charge in [-0.1, -0.05) is 27.5 Å². The maximum atomic E-state index is 12.3. The van der Waals surface area contributed by atoms with Gasteiger partial charge in [0.05, 0.1) is 16.3 Å². The highest BCUT2D eigenvalue weighted by Gasteiger charge is 2.14. The lowest BCUT2D eigenvalue weighted by atomic mass is 10.2. The summed E-state index contributed by atoms with van der Waals surface area (Å²) in [4.78, 5) is 30.5. The second kappa shape index (κ2) is 6.76. The van der Waals surface area contributed by atoms with E-state index in [0.29, 0.717) is 32.7 Å². The number of amides is 2. The van der Waals surface area contributed by atoms with Gasteiger partial charge in [0.1, 0.15) is 5.69 Å². The van der Waals surface area contributed by atoms with Crippen LogP contribution in [0.1, 0.15) is 20.8 Å². The Morgan fingerprint density at radius 1 is 1.33 bits per heavy atom. The van der Waals surface area contributed by atoms with Gasteiger partial charge >= 0.3 is 0 Å². The van der Waals surface area contributed by atoms with Crippen LogP contribution in [0.25, 0.3) is 11.3 Å². The fourth-order valence-corrected chi connectivity index (χ4v) is 3.26. The summed E-state index contributed by atoms with van der Waals surface area (Å²) in [5.41, 5.74) is 7.18. The van der Waals surface area contributed by atoms with E-state index in [4.69, 9.17) is 17.3 Å². The Bertz CT molecular complexity index is 937. The van der Waals surface area contributed by atoms with Gasteiger partial charge < -0.3 is 10.7 Å². The van der Waals surface area contributed by atoms with Gasteiger partial charge in [-0.05, 0) is 24.3 Å². The molecule has 0 unspecified atom stereocenters. The van der Waals surface area contributed by atoms with Gasteiger partial charge in [0.25, 0.3) is 11.8 Å². The quantitative estimate of drug-likeness (QED) is 0.591. The summed E-state index contributed by atoms with van der Waals surface area (Å²) in [6.07, 6.45) is 1.63. The van der Waals surface area contributed by atoms with Gasteiger partial charge in [-0.15, -0.1) is 11.3 Å². The average molecular weight is 426 g/mol. The van der Waals surface area contributed by atoms with Gasteiger partial charge in [0.15, 0.2) is 5.13 Å². The van der Waals surface area contributed by atoms with E-state index >= 15 is 0 Å². The van der Waals surface area contributed by atoms with Crippen LogP contribution in [0.5, 0.6) is 0 Å². The number of hydrogen-bond donors (Lipinski definition) is 3. The number of anilines is 1. The Morgan fingerprint density at radius 3 is 2.83 bits per heavy atom. The Hall–Kier alpha value is -2.16. The molecule has 0 aliphatic carbocycles. The molecule has 24 heavy (non-hydrogen) atoms. The van der Waals surface area contributed by atoms with Crippen molar-refractivity contribution in [3.05, 3.63) is 56.6 Å². The number of carbonyl (C=O) groups is 2. The summed E-state index contributed by atoms with van der Waals surface area (Å²) in [5, 5.41) is 5.25. The second-order valence-electron chi connectivity index (χ2n) is 4.78. The molecule has 1 aromatic carbocycles. The second-order valence-corrected chi connectivity index (χ2v) is 6.96. The number of nitrogens with zero attached hydrogens (tertiary/aromatic N) is 1. The molecule has 4 N–H and O–H groups in total. The molecule has 122 valence electrons. The number of thiazole rings is 1. The number of primary amides is 1. The van der Waals surface area contributed by atoms with E-state index < -0.39 is 5.91 Å². The number of rotatable bonds is 4. The molecule has 0 bridgehead atoms. The van der Waals surface area contributed by atoms with Crippen molar-refractivity contribution < 1.29 is 9.59 Å². The van der Waals surface area contributed by atoms with Crippen LogP contribution in [0.4, 0.5) is 5.13 Å². The van der Waals surface area contributed by atoms with Crippen molar-refractivity contribution in [3.8, 4) is 11.3 Å². The smallest absolute Gasteiger partial charge is 0.265 e. The molecule has 3 rings (SSSR count). The van der Waals surface area contributed by atoms with E-state index in [1.165, 1.54) is 11.3 Å². The SMILES string of the molecule is NC(=O)c1cc(-c2csc(NC(=O)c3cc(Br)ccc3Cl)n2)c[nH]1. The van der Waals surface area contributed by atoms with Gasteiger partial charge in [0, 0.05) is 21.6 Å². The highest BCUT2D eigenvalue weighted by Crippen LogP contribution is 2.27. The molecule has 2 aromatic heterocycles. The van der Waals surface area contributed by atoms with Crippen LogP contribution in [-0.4, -0.2) is 21.8 Å². The van der Waals surface area contributed by atoms with Gasteiger partial charge in [-0.3, -0.25) is 14.9 Å². The van der Waals surface area contributed by atoms with Crippen LogP contribution >= 0.6 is 38.9 Å². The third-order valence-electron chi connectivity index (χ3n) is 3.14. The molecule has 0 aliphatic rings. The monoisotopic (exact) mass is 424 g/mol. The van der Waals surface area contributed by atoms with Crippen molar-refractivity contribution in [1.29, 1.82) is 0 Å². The van der Waals surface area contributed by atoms with Crippen LogP contribution in [0.3, 0.4) is 0 Å². The maximum absolute atomic E-state index is 12.3. The topological polar surface area (TPSA) is 101 Å². The van der Waals surface area contributed by atoms with Crippen molar-refractivity contribution >= 4 is 55.8 Å². The molecule has 9 heteroatoms. The minimum absolute atomic E-state index is 0.296. The number of aromatic nitrogens is 2. The van der Waals surface area contributed by atoms with Crippen molar-refractivity contribution in [1.82, 2.24) is 9.97 Å². The third-order valence-corrected chi connectivity index (χ3v) is 4.72. The van der Waals surface area contributed by atoms with E-state index in [1.807, 2.05) is 0 Å². The van der Waals surface area contributed by atoms with Crippen LogP contribution in [0.15, 0.2) is 40.3 Å². The Labute approximate surface area is 154 Å². The minimum atomic E-state index is -0.547. The molecular formula is C15H10BrClN4O2S. The zero-order valence-corrected chi connectivity index (χ0v) is 15.1. The zero-order valence-electron chi connectivity index (χ0n) is 12.0. The predicted octanol–water partition coefficient (Wildman–Crippen LogP) is 3.91. The summed E-state index contributed by atoms with van der Waals surface area (Å²) < 4.78 is 0.753. The number of nitrogens with one attached hydrogen (secondary N) is 2. The van der Waals surface area contributed by atoms with Gasteiger partial charge in [0.2, 0.25) is 0 Å². The summed E-state index contributed by atoms with van der Waals surface area (Å²) in [6, 6.07) is 6.63. The molecule has 2 amide bonds. The van der Waals surface area contributed by atoms with Crippen molar-refractivity contribution in [2.45, 2.75) is 0 Å². The highest BCUT2D eigenvalue weighted by molar-refractivity contribution is 9.10. The number of aromatic amines is 1. The third kappa shape index (κ3) is 3.50. The van der Waals surface area contributed by atoms with Crippen LogP contribution < -0.4 is 11.1 Å². The summed E-state index contributed by atoms with van der Waals surface area (Å²) >= 11 is 10.6. The first-order valence-electron chi connectivity index (χ1n) is 6.64. The zero-order chi connectivity index (χ0) is 17.3. The van der Waals surface area contributed by atoms with Crippen LogP contribution in [0, 0.1) is 0 Å². The molecule has 6 nitrogen and oxygen atoms in total. The fourth-order valence-electron chi connectivity index (χ4n) is 1.98. The lowest BCUT2D eigenvalue weighted by molar-refractivity contribution is 0.0994. The fraction of sp³-hybridized carbons (Fsp3) is 0. The normalized spacial score (nSPS) is 10.6. The Morgan fingerprint density at radius 2 is 2.12 bits per heavy atom. The molecule has 0 fully saturated rings. The number of benzene rings is 1. The summed E-state index contributed by atoms with van der Waals surface area (Å²) in [6.45, 7) is 0. The standard InChI is InChI=1S/C15H10BrClN4O2S/c16-8-1-2-10(17)9(4-8)14(23)21-15-20-12(6-24-15)7-3-11(13(18)22)19-5-7/h1-6,19H,(H2,18,22)(H,20,21,23). The molecular weight excluding hydrogens is 416 g/mol. The Balaban J connectivity index is 1.79. The highest BCUT2D eigenvalue weighted by atomic mass is 79.9. The first-order valence-corrected chi connectivity index (χ1v) is 8.69. The molecule has 0 spiro atoms. The summed E-state index contributed by atoms with van der Waals surface area (Å²) in [5.74, 6) is -0.900. The van der Waals surface area contributed by atoms with Crippen LogP contribution in [-0.2, 0) is 0 Å². The maximum Gasteiger partial charge on any atom is 0.265 e. The lowest BCUT2D eigenvalue weighted by Crippen LogP contribution is -2.12. The lowest BCUT2D eigenvalue weighted by Gasteiger charge is -2.04. The Kier molecular flexibility index (Phi) is 4.70. The number of hydrogen-bond acceptors (Lipinski definition) is 4. The van der Waals surface area contributed by atoms with Crippen molar-refractivity contribution in [2.24, 2.45) is 5.73 Å². The molecule has 0 atom stereocenters. The predicted molar refractivity (Wildman–Crippen MR) is 97.5 cm³/mol. The molecule has 3 aromatic rings. The number of nitrogens with two attached hydrogens (primary N) is 1. The molecule has 0 saturated heterocycles. The summed E-state index contributed by atoms with van der Waals surface area (Å²) in [7, 11) is 0. The van der Waals surface area contributed by atoms with Crippen LogP contribution in [0.2, 0.25) is 5.02 Å². The van der Waals surface area contributed by atoms with E-state index in [2.05, 4.69) is 31.2 Å². The van der Waals surface area contributed by atoms with E-state index in [0.717, 1.165) is 4.47 Å². The minimum Gasteiger partial charge on any atom is -0.364 e. The first-order chi connectivity index (χ1) is 11.4. The largest absolute Gasteiger partial charge is 0.364 e. The van der Waals surface area contributed by atoms with E-state index in [-0.39, 0.29) is 5.91 Å². The molecule has 0 saturated carbocycles. The van der Waals surface area contributed by atoms with Crippen molar-refractivity contribution in [2.75, 3.05) is 5.32 Å². The van der Waals surface area contributed by atoms with E-state index in [9.17, 15) is 9.59 Å². The number of H-pyrrole nitrogens is 1. The molecule has 0 aliphatic heterocycles. The van der Waals surface area contributed by atoms with Crippen molar-refractivity contribution in [3.63, 3.8) is 0 Å². The van der Waals surface area contributed by atoms with E-state index in [1.54, 1.807) is 35.8 Å². The van der Waals surface area contributed by atoms with Gasteiger partial charge in [-0.25, -0.2) is 4.98 Å². The van der Waals surface area contributed by atoms with Gasteiger partial charge in [-0.2, -0.15) is 0 Å². The average Bonchev–Trinajstić information content (AvgIpc) is 3.18. The molecule has 0 radical (unpaired) electrons. The number of carbonyl (C=O) groups excluding carboxylic acids is 2. The number of halogens is 2.